The first-order valence-electron chi connectivity index (χ1n) is 13.4. The fourth-order valence-electron chi connectivity index (χ4n) is 5.66. The van der Waals surface area contributed by atoms with Crippen LogP contribution < -0.4 is 16.4 Å². The number of carbonyl (C=O) groups is 2. The van der Waals surface area contributed by atoms with Gasteiger partial charge in [-0.05, 0) is 93.5 Å². The molecule has 1 unspecified atom stereocenters. The summed E-state index contributed by atoms with van der Waals surface area (Å²) < 4.78 is 0. The Hall–Kier alpha value is -3.05. The van der Waals surface area contributed by atoms with Gasteiger partial charge in [-0.25, -0.2) is 4.79 Å². The highest BCUT2D eigenvalue weighted by atomic mass is 35.5. The van der Waals surface area contributed by atoms with Crippen molar-refractivity contribution < 1.29 is 14.7 Å². The first-order valence-corrected chi connectivity index (χ1v) is 13.8. The number of urea groups is 1. The Bertz CT molecular complexity index is 1200. The van der Waals surface area contributed by atoms with Gasteiger partial charge in [-0.2, -0.15) is 0 Å². The van der Waals surface area contributed by atoms with Crippen molar-refractivity contribution >= 4 is 34.8 Å². The summed E-state index contributed by atoms with van der Waals surface area (Å²) >= 11 is 6.20. The van der Waals surface area contributed by atoms with Gasteiger partial charge < -0.3 is 21.1 Å². The molecule has 1 fully saturated rings. The van der Waals surface area contributed by atoms with E-state index in [0.717, 1.165) is 56.3 Å². The Morgan fingerprint density at radius 2 is 2.03 bits per heavy atom. The third-order valence-electron chi connectivity index (χ3n) is 7.92. The molecular formula is C30H37ClN4O3. The maximum absolute atomic E-state index is 12.9. The zero-order valence-corrected chi connectivity index (χ0v) is 22.6. The standard InChI is InChI=1S/C30H37ClN4O3/c1-3-22-16-21(17-25(31)29(22)32)18-27(19(2)36)33-28(37)13-10-20-8-11-24(12-9-20)35-15-14-23-6-4-5-7-26(23)34-30(35)38/h1,4-7,16-17,20,24,27-28,33,37H,8-15,18,32H2,2H3,(H,34,38)/t20?,24?,27-,28?/m1/s1. The van der Waals surface area contributed by atoms with E-state index in [0.29, 0.717) is 35.0 Å². The molecule has 0 saturated heterocycles. The number of anilines is 2. The third kappa shape index (κ3) is 6.87. The van der Waals surface area contributed by atoms with Gasteiger partial charge >= 0.3 is 6.03 Å². The Kier molecular flexibility index (Phi) is 9.32. The quantitative estimate of drug-likeness (QED) is 0.210. The number of benzene rings is 2. The lowest BCUT2D eigenvalue weighted by Crippen LogP contribution is -2.45. The van der Waals surface area contributed by atoms with Crippen LogP contribution in [0.3, 0.4) is 0 Å². The van der Waals surface area contributed by atoms with Gasteiger partial charge in [-0.3, -0.25) is 10.1 Å². The van der Waals surface area contributed by atoms with E-state index in [2.05, 4.69) is 22.6 Å². The molecule has 0 bridgehead atoms. The van der Waals surface area contributed by atoms with Crippen molar-refractivity contribution in [3.63, 3.8) is 0 Å². The molecular weight excluding hydrogens is 500 g/mol. The molecule has 8 heteroatoms. The maximum atomic E-state index is 12.9. The van der Waals surface area contributed by atoms with Gasteiger partial charge in [-0.1, -0.05) is 35.7 Å². The maximum Gasteiger partial charge on any atom is 0.322 e. The number of nitrogens with two attached hydrogens (primary N) is 1. The molecule has 2 amide bonds. The Balaban J connectivity index is 1.24. The number of hydrogen-bond donors (Lipinski definition) is 4. The molecule has 0 spiro atoms. The van der Waals surface area contributed by atoms with Gasteiger partial charge in [0.25, 0.3) is 0 Å². The van der Waals surface area contributed by atoms with E-state index in [1.807, 2.05) is 23.1 Å². The Labute approximate surface area is 230 Å². The largest absolute Gasteiger partial charge is 0.397 e. The van der Waals surface area contributed by atoms with E-state index in [4.69, 9.17) is 23.8 Å². The number of aliphatic hydroxyl groups is 1. The molecule has 2 aromatic carbocycles. The number of para-hydroxylation sites is 1. The summed E-state index contributed by atoms with van der Waals surface area (Å²) in [6.45, 7) is 2.24. The zero-order valence-electron chi connectivity index (χ0n) is 21.9. The van der Waals surface area contributed by atoms with Crippen LogP contribution in [0.1, 0.15) is 62.1 Å². The molecule has 2 aliphatic rings. The van der Waals surface area contributed by atoms with E-state index in [9.17, 15) is 14.7 Å². The van der Waals surface area contributed by atoms with Gasteiger partial charge in [0, 0.05) is 23.8 Å². The van der Waals surface area contributed by atoms with Crippen molar-refractivity contribution in [2.75, 3.05) is 17.6 Å². The van der Waals surface area contributed by atoms with Crippen molar-refractivity contribution in [1.82, 2.24) is 10.2 Å². The normalized spacial score (nSPS) is 21.0. The predicted molar refractivity (Wildman–Crippen MR) is 152 cm³/mol. The number of halogens is 1. The predicted octanol–water partition coefficient (Wildman–Crippen LogP) is 4.74. The van der Waals surface area contributed by atoms with Crippen LogP contribution in [-0.2, 0) is 17.6 Å². The van der Waals surface area contributed by atoms with E-state index in [-0.39, 0.29) is 17.9 Å². The monoisotopic (exact) mass is 536 g/mol. The minimum atomic E-state index is -0.798. The second kappa shape index (κ2) is 12.7. The van der Waals surface area contributed by atoms with Crippen LogP contribution in [0, 0.1) is 18.3 Å². The first-order chi connectivity index (χ1) is 18.2. The zero-order chi connectivity index (χ0) is 27.2. The first kappa shape index (κ1) is 28.0. The van der Waals surface area contributed by atoms with Crippen LogP contribution in [0.5, 0.6) is 0 Å². The molecule has 202 valence electrons. The van der Waals surface area contributed by atoms with E-state index >= 15 is 0 Å². The van der Waals surface area contributed by atoms with Crippen LogP contribution in [0.2, 0.25) is 5.02 Å². The van der Waals surface area contributed by atoms with Crippen molar-refractivity contribution in [2.24, 2.45) is 5.92 Å². The van der Waals surface area contributed by atoms with E-state index in [1.165, 1.54) is 12.5 Å². The minimum Gasteiger partial charge on any atom is -0.397 e. The fraction of sp³-hybridized carbons (Fsp3) is 0.467. The number of Topliss-reactive ketones (excluding diaryl/α,β-unsaturated/α-hetero) is 1. The van der Waals surface area contributed by atoms with Gasteiger partial charge in [0.2, 0.25) is 0 Å². The highest BCUT2D eigenvalue weighted by Crippen LogP contribution is 2.32. The number of rotatable bonds is 9. The molecule has 0 aromatic heterocycles. The Morgan fingerprint density at radius 3 is 2.74 bits per heavy atom. The minimum absolute atomic E-state index is 0.00921. The molecule has 5 N–H and O–H groups in total. The highest BCUT2D eigenvalue weighted by molar-refractivity contribution is 6.33. The number of amides is 2. The summed E-state index contributed by atoms with van der Waals surface area (Å²) in [5.41, 5.74) is 9.63. The number of nitrogens with one attached hydrogen (secondary N) is 2. The molecule has 7 nitrogen and oxygen atoms in total. The summed E-state index contributed by atoms with van der Waals surface area (Å²) in [6.07, 6.45) is 11.3. The van der Waals surface area contributed by atoms with Gasteiger partial charge in [0.15, 0.2) is 0 Å². The summed E-state index contributed by atoms with van der Waals surface area (Å²) in [5.74, 6) is 2.94. The van der Waals surface area contributed by atoms with Gasteiger partial charge in [0.1, 0.15) is 12.0 Å². The molecule has 1 aliphatic carbocycles. The summed E-state index contributed by atoms with van der Waals surface area (Å²) in [7, 11) is 0. The summed E-state index contributed by atoms with van der Waals surface area (Å²) in [4.78, 5) is 27.2. The number of nitrogen functional groups attached to an aromatic ring is 1. The number of aliphatic hydroxyl groups excluding tert-OH is 1. The molecule has 2 atom stereocenters. The van der Waals surface area contributed by atoms with Crippen molar-refractivity contribution in [3.05, 3.63) is 58.1 Å². The number of terminal acetylenes is 1. The van der Waals surface area contributed by atoms with Crippen LogP contribution in [0.4, 0.5) is 16.2 Å². The molecule has 1 saturated carbocycles. The van der Waals surface area contributed by atoms with Crippen LogP contribution in [-0.4, -0.2) is 46.7 Å². The molecule has 38 heavy (non-hydrogen) atoms. The number of hydrogen-bond acceptors (Lipinski definition) is 5. The topological polar surface area (TPSA) is 108 Å². The second-order valence-corrected chi connectivity index (χ2v) is 10.9. The second-order valence-electron chi connectivity index (χ2n) is 10.5. The van der Waals surface area contributed by atoms with Crippen molar-refractivity contribution in [3.8, 4) is 12.3 Å². The van der Waals surface area contributed by atoms with Crippen LogP contribution in [0.15, 0.2) is 36.4 Å². The molecule has 1 heterocycles. The lowest BCUT2D eigenvalue weighted by molar-refractivity contribution is -0.120. The average Bonchev–Trinajstić information content (AvgIpc) is 3.07. The smallest absolute Gasteiger partial charge is 0.322 e. The summed E-state index contributed by atoms with van der Waals surface area (Å²) in [6, 6.07) is 11.1. The Morgan fingerprint density at radius 1 is 1.29 bits per heavy atom. The number of fused-ring (bicyclic) bond motifs is 1. The summed E-state index contributed by atoms with van der Waals surface area (Å²) in [5, 5.41) is 17.2. The average molecular weight is 537 g/mol. The molecule has 2 aromatic rings. The number of nitrogens with zero attached hydrogens (tertiary/aromatic N) is 1. The van der Waals surface area contributed by atoms with Crippen LogP contribution >= 0.6 is 11.6 Å². The molecule has 1 aliphatic heterocycles. The van der Waals surface area contributed by atoms with Gasteiger partial charge in [-0.15, -0.1) is 6.42 Å². The van der Waals surface area contributed by atoms with E-state index in [1.54, 1.807) is 12.1 Å². The fourth-order valence-corrected chi connectivity index (χ4v) is 5.90. The lowest BCUT2D eigenvalue weighted by Gasteiger charge is -2.36. The number of carbonyl (C=O) groups excluding carboxylic acids is 2. The SMILES string of the molecule is C#Cc1cc(C[C@@H](NC(O)CCC2CCC(N3CCc4ccccc4NC3=O)CC2)C(C)=O)cc(Cl)c1N. The van der Waals surface area contributed by atoms with E-state index < -0.39 is 12.3 Å². The van der Waals surface area contributed by atoms with Crippen molar-refractivity contribution in [2.45, 2.75) is 76.6 Å². The van der Waals surface area contributed by atoms with Gasteiger partial charge in [0.05, 0.1) is 16.8 Å². The third-order valence-corrected chi connectivity index (χ3v) is 8.23. The highest BCUT2D eigenvalue weighted by Gasteiger charge is 2.31. The van der Waals surface area contributed by atoms with Crippen molar-refractivity contribution in [1.29, 1.82) is 0 Å². The molecule has 4 rings (SSSR count). The number of ketones is 1. The van der Waals surface area contributed by atoms with Crippen LogP contribution in [0.25, 0.3) is 0 Å². The molecule has 0 radical (unpaired) electrons. The lowest BCUT2D eigenvalue weighted by atomic mass is 9.82.